The van der Waals surface area contributed by atoms with Crippen LogP contribution in [0.5, 0.6) is 0 Å². The Bertz CT molecular complexity index is 511. The molecule has 0 aliphatic heterocycles. The van der Waals surface area contributed by atoms with Crippen molar-refractivity contribution in [2.24, 2.45) is 0 Å². The zero-order valence-corrected chi connectivity index (χ0v) is 12.3. The van der Waals surface area contributed by atoms with Gasteiger partial charge in [-0.2, -0.15) is 0 Å². The summed E-state index contributed by atoms with van der Waals surface area (Å²) in [5, 5.41) is 3.10. The third-order valence-corrected chi connectivity index (χ3v) is 3.99. The van der Waals surface area contributed by atoms with Crippen LogP contribution in [0.1, 0.15) is 46.9 Å². The highest BCUT2D eigenvalue weighted by Crippen LogP contribution is 2.23. The molecule has 4 heteroatoms. The van der Waals surface area contributed by atoms with E-state index in [1.807, 2.05) is 14.1 Å². The van der Waals surface area contributed by atoms with Gasteiger partial charge in [-0.25, -0.2) is 0 Å². The monoisotopic (exact) mass is 274 g/mol. The van der Waals surface area contributed by atoms with Gasteiger partial charge in [0.1, 0.15) is 0 Å². The average molecular weight is 274 g/mol. The summed E-state index contributed by atoms with van der Waals surface area (Å²) >= 11 is 0. The van der Waals surface area contributed by atoms with Crippen LogP contribution in [0.4, 0.5) is 0 Å². The number of rotatable bonds is 4. The number of ketones is 1. The Morgan fingerprint density at radius 1 is 1.20 bits per heavy atom. The van der Waals surface area contributed by atoms with E-state index in [9.17, 15) is 9.59 Å². The molecule has 1 fully saturated rings. The van der Waals surface area contributed by atoms with Gasteiger partial charge >= 0.3 is 0 Å². The first-order valence-electron chi connectivity index (χ1n) is 7.07. The van der Waals surface area contributed by atoms with E-state index in [4.69, 9.17) is 0 Å². The first kappa shape index (κ1) is 14.7. The van der Waals surface area contributed by atoms with Crippen LogP contribution in [0.25, 0.3) is 0 Å². The number of nitrogens with zero attached hydrogens (tertiary/aromatic N) is 1. The van der Waals surface area contributed by atoms with Crippen LogP contribution in [0.15, 0.2) is 24.3 Å². The molecule has 0 saturated heterocycles. The van der Waals surface area contributed by atoms with Crippen molar-refractivity contribution in [3.05, 3.63) is 35.4 Å². The van der Waals surface area contributed by atoms with Crippen molar-refractivity contribution >= 4 is 11.7 Å². The van der Waals surface area contributed by atoms with Crippen molar-refractivity contribution in [3.8, 4) is 0 Å². The van der Waals surface area contributed by atoms with Gasteiger partial charge in [0.15, 0.2) is 5.78 Å². The summed E-state index contributed by atoms with van der Waals surface area (Å²) in [5.74, 6) is -0.112. The number of amides is 1. The number of hydrogen-bond acceptors (Lipinski definition) is 3. The largest absolute Gasteiger partial charge is 0.348 e. The summed E-state index contributed by atoms with van der Waals surface area (Å²) < 4.78 is 0. The number of carbonyl (C=O) groups is 2. The maximum Gasteiger partial charge on any atom is 0.251 e. The lowest BCUT2D eigenvalue weighted by atomic mass is 10.1. The molecule has 108 valence electrons. The fourth-order valence-corrected chi connectivity index (χ4v) is 2.86. The normalized spacial score (nSPS) is 22.0. The highest BCUT2D eigenvalue weighted by atomic mass is 16.1. The van der Waals surface area contributed by atoms with Crippen LogP contribution in [0.2, 0.25) is 0 Å². The zero-order valence-electron chi connectivity index (χ0n) is 12.3. The topological polar surface area (TPSA) is 49.4 Å². The van der Waals surface area contributed by atoms with Crippen LogP contribution < -0.4 is 5.32 Å². The summed E-state index contributed by atoms with van der Waals surface area (Å²) in [6, 6.07) is 7.49. The van der Waals surface area contributed by atoms with Crippen LogP contribution in [-0.2, 0) is 0 Å². The zero-order chi connectivity index (χ0) is 14.7. The predicted molar refractivity (Wildman–Crippen MR) is 79.0 cm³/mol. The number of likely N-dealkylation sites (N-methyl/N-ethyl adjacent to an activating group) is 1. The first-order chi connectivity index (χ1) is 9.49. The molecule has 1 amide bonds. The first-order valence-corrected chi connectivity index (χ1v) is 7.07. The Labute approximate surface area is 120 Å². The summed E-state index contributed by atoms with van der Waals surface area (Å²) in [6.07, 6.45) is 3.27. The maximum atomic E-state index is 12.3. The second kappa shape index (κ2) is 6.18. The van der Waals surface area contributed by atoms with Crippen molar-refractivity contribution in [2.75, 3.05) is 14.1 Å². The summed E-state index contributed by atoms with van der Waals surface area (Å²) in [7, 11) is 4.09. The van der Waals surface area contributed by atoms with Gasteiger partial charge in [-0.05, 0) is 52.4 Å². The molecule has 0 radical (unpaired) electrons. The van der Waals surface area contributed by atoms with Crippen molar-refractivity contribution in [2.45, 2.75) is 38.3 Å². The fourth-order valence-electron chi connectivity index (χ4n) is 2.86. The maximum absolute atomic E-state index is 12.3. The van der Waals surface area contributed by atoms with Gasteiger partial charge in [-0.15, -0.1) is 0 Å². The van der Waals surface area contributed by atoms with E-state index in [1.54, 1.807) is 24.3 Å². The van der Waals surface area contributed by atoms with E-state index in [-0.39, 0.29) is 17.7 Å². The van der Waals surface area contributed by atoms with Crippen LogP contribution in [0.3, 0.4) is 0 Å². The Kier molecular flexibility index (Phi) is 4.55. The second-order valence-corrected chi connectivity index (χ2v) is 5.68. The van der Waals surface area contributed by atoms with Gasteiger partial charge in [0.2, 0.25) is 0 Å². The van der Waals surface area contributed by atoms with Crippen LogP contribution >= 0.6 is 0 Å². The van der Waals surface area contributed by atoms with Crippen molar-refractivity contribution in [1.82, 2.24) is 10.2 Å². The molecule has 2 rings (SSSR count). The minimum Gasteiger partial charge on any atom is -0.348 e. The van der Waals surface area contributed by atoms with Crippen LogP contribution in [0, 0.1) is 0 Å². The minimum atomic E-state index is -0.0909. The molecule has 1 aromatic carbocycles. The third-order valence-electron chi connectivity index (χ3n) is 3.99. The van der Waals surface area contributed by atoms with Gasteiger partial charge < -0.3 is 10.2 Å². The third kappa shape index (κ3) is 3.25. The lowest BCUT2D eigenvalue weighted by Gasteiger charge is -2.26. The Balaban J connectivity index is 2.08. The average Bonchev–Trinajstić information content (AvgIpc) is 2.87. The lowest BCUT2D eigenvalue weighted by molar-refractivity contribution is 0.0919. The fraction of sp³-hybridized carbons (Fsp3) is 0.500. The molecule has 2 atom stereocenters. The van der Waals surface area contributed by atoms with Gasteiger partial charge in [0.25, 0.3) is 5.91 Å². The summed E-state index contributed by atoms with van der Waals surface area (Å²) in [4.78, 5) is 25.8. The molecule has 1 aliphatic rings. The van der Waals surface area contributed by atoms with Crippen molar-refractivity contribution in [1.29, 1.82) is 0 Å². The Hall–Kier alpha value is -1.68. The summed E-state index contributed by atoms with van der Waals surface area (Å²) in [5.41, 5.74) is 1.13. The van der Waals surface area contributed by atoms with Crippen molar-refractivity contribution in [3.63, 3.8) is 0 Å². The smallest absolute Gasteiger partial charge is 0.251 e. The van der Waals surface area contributed by atoms with Gasteiger partial charge in [0, 0.05) is 23.2 Å². The molecule has 20 heavy (non-hydrogen) atoms. The lowest BCUT2D eigenvalue weighted by Crippen LogP contribution is -2.46. The number of hydrogen-bond donors (Lipinski definition) is 1. The SMILES string of the molecule is CC(=O)c1cccc(C(=O)N[C@@H]2CCC[C@H]2N(C)C)c1. The van der Waals surface area contributed by atoms with Crippen LogP contribution in [-0.4, -0.2) is 42.8 Å². The molecule has 0 spiro atoms. The van der Waals surface area contributed by atoms with Gasteiger partial charge in [-0.1, -0.05) is 12.1 Å². The summed E-state index contributed by atoms with van der Waals surface area (Å²) in [6.45, 7) is 1.51. The number of carbonyl (C=O) groups excluding carboxylic acids is 2. The predicted octanol–water partition coefficient (Wildman–Crippen LogP) is 2.10. The van der Waals surface area contributed by atoms with Gasteiger partial charge in [0.05, 0.1) is 0 Å². The van der Waals surface area contributed by atoms with E-state index in [0.29, 0.717) is 17.2 Å². The highest BCUT2D eigenvalue weighted by molar-refractivity contribution is 5.99. The van der Waals surface area contributed by atoms with Crippen molar-refractivity contribution < 1.29 is 9.59 Å². The van der Waals surface area contributed by atoms with E-state index in [2.05, 4.69) is 10.2 Å². The molecule has 0 aromatic heterocycles. The van der Waals surface area contributed by atoms with E-state index < -0.39 is 0 Å². The standard InChI is InChI=1S/C16H22N2O2/c1-11(19)12-6-4-7-13(10-12)16(20)17-14-8-5-9-15(14)18(2)3/h4,6-7,10,14-15H,5,8-9H2,1-3H3,(H,17,20)/t14-,15-/m1/s1. The van der Waals surface area contributed by atoms with E-state index >= 15 is 0 Å². The van der Waals surface area contributed by atoms with E-state index in [1.165, 1.54) is 6.92 Å². The molecule has 1 N–H and O–H groups in total. The molecule has 1 aliphatic carbocycles. The number of nitrogens with one attached hydrogen (secondary N) is 1. The molecular formula is C16H22N2O2. The quantitative estimate of drug-likeness (QED) is 0.855. The molecule has 4 nitrogen and oxygen atoms in total. The number of Topliss-reactive ketones (excluding diaryl/α,β-unsaturated/α-hetero) is 1. The molecule has 1 saturated carbocycles. The van der Waals surface area contributed by atoms with Gasteiger partial charge in [-0.3, -0.25) is 9.59 Å². The molecule has 0 heterocycles. The Morgan fingerprint density at radius 2 is 1.90 bits per heavy atom. The minimum absolute atomic E-state index is 0.0216. The second-order valence-electron chi connectivity index (χ2n) is 5.68. The molecule has 0 bridgehead atoms. The Morgan fingerprint density at radius 3 is 2.55 bits per heavy atom. The molecule has 1 aromatic rings. The highest BCUT2D eigenvalue weighted by Gasteiger charge is 2.30. The number of benzene rings is 1. The van der Waals surface area contributed by atoms with E-state index in [0.717, 1.165) is 19.3 Å². The molecule has 0 unspecified atom stereocenters. The molecular weight excluding hydrogens is 252 g/mol.